The van der Waals surface area contributed by atoms with Gasteiger partial charge >= 0.3 is 5.97 Å². The fourth-order valence-electron chi connectivity index (χ4n) is 1.85. The minimum absolute atomic E-state index is 0.477. The van der Waals surface area contributed by atoms with Gasteiger partial charge in [-0.3, -0.25) is 4.79 Å². The van der Waals surface area contributed by atoms with Gasteiger partial charge in [-0.05, 0) is 25.7 Å². The highest BCUT2D eigenvalue weighted by Gasteiger charge is 2.38. The van der Waals surface area contributed by atoms with Gasteiger partial charge in [0, 0.05) is 1.37 Å². The summed E-state index contributed by atoms with van der Waals surface area (Å²) < 4.78 is 12.9. The summed E-state index contributed by atoms with van der Waals surface area (Å²) in [6, 6.07) is 0. The Bertz CT molecular complexity index is 222. The van der Waals surface area contributed by atoms with Crippen LogP contribution in [0, 0.1) is 5.89 Å². The highest BCUT2D eigenvalue weighted by atomic mass is 16.5. The molecule has 13 heavy (non-hydrogen) atoms. The molecule has 1 aliphatic rings. The fourth-order valence-corrected chi connectivity index (χ4v) is 1.85. The minimum atomic E-state index is -1.18. The van der Waals surface area contributed by atoms with Crippen LogP contribution in [0.4, 0.5) is 0 Å². The second-order valence-electron chi connectivity index (χ2n) is 3.86. The highest BCUT2D eigenvalue weighted by Crippen LogP contribution is 2.31. The zero-order chi connectivity index (χ0) is 10.8. The number of rotatable bonds is 2. The number of ether oxygens (including phenoxy) is 1. The van der Waals surface area contributed by atoms with Crippen LogP contribution in [0.2, 0.25) is 0 Å². The molecule has 0 radical (unpaired) electrons. The van der Waals surface area contributed by atoms with Crippen LogP contribution in [-0.2, 0) is 9.53 Å². The molecule has 1 saturated carbocycles. The van der Waals surface area contributed by atoms with E-state index in [2.05, 4.69) is 4.74 Å². The summed E-state index contributed by atoms with van der Waals surface area (Å²) in [6.07, 6.45) is 4.47. The van der Waals surface area contributed by atoms with Crippen LogP contribution in [0.25, 0.3) is 0 Å². The van der Waals surface area contributed by atoms with E-state index in [1.165, 1.54) is 7.11 Å². The van der Waals surface area contributed by atoms with Crippen LogP contribution in [0.3, 0.4) is 0 Å². The van der Waals surface area contributed by atoms with E-state index in [1.807, 2.05) is 0 Å². The Morgan fingerprint density at radius 1 is 1.54 bits per heavy atom. The largest absolute Gasteiger partial charge is 0.468 e. The molecule has 1 aliphatic carbocycles. The molecule has 3 heteroatoms. The average Bonchev–Trinajstić information content (AvgIpc) is 2.17. The summed E-state index contributed by atoms with van der Waals surface area (Å²) in [5.41, 5.74) is 4.74. The Balaban J connectivity index is 2.82. The van der Waals surface area contributed by atoms with Crippen LogP contribution < -0.4 is 5.73 Å². The maximum Gasteiger partial charge on any atom is 0.325 e. The molecule has 0 heterocycles. The van der Waals surface area contributed by atoms with Gasteiger partial charge in [0.1, 0.15) is 5.54 Å². The van der Waals surface area contributed by atoms with E-state index in [4.69, 9.17) is 7.10 Å². The van der Waals surface area contributed by atoms with E-state index in [1.54, 1.807) is 6.92 Å². The Kier molecular flexibility index (Phi) is 2.83. The van der Waals surface area contributed by atoms with E-state index in [9.17, 15) is 4.79 Å². The van der Waals surface area contributed by atoms with Crippen molar-refractivity contribution in [2.75, 3.05) is 7.11 Å². The molecule has 1 rings (SSSR count). The molecule has 0 aliphatic heterocycles. The average molecular weight is 186 g/mol. The third-order valence-electron chi connectivity index (χ3n) is 2.80. The molecule has 76 valence electrons. The smallest absolute Gasteiger partial charge is 0.325 e. The standard InChI is InChI=1S/C10H19NO2/c1-10(11,9(12)13-2)8-6-4-3-5-7-8/h8H,3-7,11H2,1-2H3/t10-/m1/s1/i8D. The lowest BCUT2D eigenvalue weighted by Crippen LogP contribution is -2.52. The number of hydrogen-bond acceptors (Lipinski definition) is 3. The summed E-state index contributed by atoms with van der Waals surface area (Å²) in [5.74, 6) is -1.33. The van der Waals surface area contributed by atoms with Crippen molar-refractivity contribution in [1.29, 1.82) is 0 Å². The van der Waals surface area contributed by atoms with Crippen molar-refractivity contribution < 1.29 is 10.9 Å². The molecule has 0 saturated heterocycles. The van der Waals surface area contributed by atoms with Gasteiger partial charge in [-0.25, -0.2) is 0 Å². The van der Waals surface area contributed by atoms with E-state index in [0.717, 1.165) is 19.3 Å². The molecule has 0 bridgehead atoms. The first-order valence-electron chi connectivity index (χ1n) is 5.31. The lowest BCUT2D eigenvalue weighted by Gasteiger charge is -2.34. The molecule has 0 unspecified atom stereocenters. The van der Waals surface area contributed by atoms with Crippen molar-refractivity contribution in [2.24, 2.45) is 11.6 Å². The lowest BCUT2D eigenvalue weighted by atomic mass is 9.76. The summed E-state index contributed by atoms with van der Waals surface area (Å²) in [6.45, 7) is 1.61. The molecule has 1 fully saturated rings. The van der Waals surface area contributed by atoms with Gasteiger partial charge in [-0.15, -0.1) is 0 Å². The van der Waals surface area contributed by atoms with E-state index < -0.39 is 17.4 Å². The molecule has 0 aromatic heterocycles. The summed E-state index contributed by atoms with van der Waals surface area (Å²) in [7, 11) is 1.32. The number of esters is 1. The van der Waals surface area contributed by atoms with Gasteiger partial charge in [-0.2, -0.15) is 0 Å². The number of carbonyl (C=O) groups excluding carboxylic acids is 1. The first kappa shape index (κ1) is 9.00. The van der Waals surface area contributed by atoms with Crippen LogP contribution in [0.15, 0.2) is 0 Å². The molecule has 1 atom stereocenters. The maximum absolute atomic E-state index is 11.5. The Labute approximate surface area is 81.0 Å². The predicted molar refractivity (Wildman–Crippen MR) is 51.2 cm³/mol. The summed E-state index contributed by atoms with van der Waals surface area (Å²) >= 11 is 0. The third kappa shape index (κ3) is 2.21. The predicted octanol–water partition coefficient (Wildman–Crippen LogP) is 1.46. The SMILES string of the molecule is [2H]C1([C@@](C)(N)C(=O)OC)CCCCC1. The number of nitrogens with two attached hydrogens (primary N) is 1. The fraction of sp³-hybridized carbons (Fsp3) is 0.900. The van der Waals surface area contributed by atoms with Gasteiger partial charge in [0.2, 0.25) is 0 Å². The second kappa shape index (κ2) is 4.09. The molecule has 0 spiro atoms. The van der Waals surface area contributed by atoms with E-state index in [-0.39, 0.29) is 0 Å². The van der Waals surface area contributed by atoms with Crippen LogP contribution >= 0.6 is 0 Å². The zero-order valence-electron chi connectivity index (χ0n) is 9.43. The van der Waals surface area contributed by atoms with Crippen molar-refractivity contribution in [1.82, 2.24) is 0 Å². The van der Waals surface area contributed by atoms with Crippen molar-refractivity contribution in [3.05, 3.63) is 0 Å². The summed E-state index contributed by atoms with van der Waals surface area (Å²) in [4.78, 5) is 11.5. The van der Waals surface area contributed by atoms with Crippen molar-refractivity contribution >= 4 is 5.97 Å². The molecule has 3 nitrogen and oxygen atoms in total. The van der Waals surface area contributed by atoms with Gasteiger partial charge < -0.3 is 10.5 Å². The molecular formula is C10H19NO2. The minimum Gasteiger partial charge on any atom is -0.468 e. The van der Waals surface area contributed by atoms with Crippen molar-refractivity contribution in [3.63, 3.8) is 0 Å². The van der Waals surface area contributed by atoms with Crippen LogP contribution in [-0.4, -0.2) is 18.6 Å². The van der Waals surface area contributed by atoms with Crippen LogP contribution in [0.1, 0.15) is 40.4 Å². The number of methoxy groups -OCH3 is 1. The second-order valence-corrected chi connectivity index (χ2v) is 3.86. The third-order valence-corrected chi connectivity index (χ3v) is 2.80. The number of hydrogen-bond donors (Lipinski definition) is 1. The monoisotopic (exact) mass is 186 g/mol. The molecule has 0 aromatic carbocycles. The van der Waals surface area contributed by atoms with E-state index in [0.29, 0.717) is 12.8 Å². The Hall–Kier alpha value is -0.570. The highest BCUT2D eigenvalue weighted by molar-refractivity contribution is 5.80. The molecule has 0 amide bonds. The first-order chi connectivity index (χ1) is 6.44. The topological polar surface area (TPSA) is 52.3 Å². The van der Waals surface area contributed by atoms with Gasteiger partial charge in [0.25, 0.3) is 0 Å². The molecule has 2 N–H and O–H groups in total. The van der Waals surface area contributed by atoms with Gasteiger partial charge in [-0.1, -0.05) is 19.3 Å². The lowest BCUT2D eigenvalue weighted by molar-refractivity contribution is -0.149. The van der Waals surface area contributed by atoms with Gasteiger partial charge in [0.15, 0.2) is 0 Å². The quantitative estimate of drug-likeness (QED) is 0.664. The van der Waals surface area contributed by atoms with Crippen molar-refractivity contribution in [2.45, 2.75) is 44.6 Å². The maximum atomic E-state index is 11.5. The Morgan fingerprint density at radius 2 is 2.08 bits per heavy atom. The van der Waals surface area contributed by atoms with Crippen molar-refractivity contribution in [3.8, 4) is 0 Å². The van der Waals surface area contributed by atoms with Gasteiger partial charge in [0.05, 0.1) is 7.11 Å². The summed E-state index contributed by atoms with van der Waals surface area (Å²) in [5, 5.41) is 0. The Morgan fingerprint density at radius 3 is 2.54 bits per heavy atom. The zero-order valence-corrected chi connectivity index (χ0v) is 8.43. The normalized spacial score (nSPS) is 27.2. The van der Waals surface area contributed by atoms with Crippen LogP contribution in [0.5, 0.6) is 0 Å². The molecular weight excluding hydrogens is 166 g/mol. The van der Waals surface area contributed by atoms with E-state index >= 15 is 0 Å². The first-order valence-corrected chi connectivity index (χ1v) is 4.81. The number of carbonyl (C=O) groups is 1. The molecule has 0 aromatic rings.